The average molecular weight is 582 g/mol. The van der Waals surface area contributed by atoms with Gasteiger partial charge in [-0.2, -0.15) is 0 Å². The first-order valence-corrected chi connectivity index (χ1v) is 14.3. The third-order valence-electron chi connectivity index (χ3n) is 7.02. The van der Waals surface area contributed by atoms with Crippen molar-refractivity contribution < 1.29 is 19.4 Å². The van der Waals surface area contributed by atoms with Gasteiger partial charge in [-0.15, -0.1) is 11.3 Å². The van der Waals surface area contributed by atoms with Crippen LogP contribution in [0.3, 0.4) is 0 Å². The Hall–Kier alpha value is -3.37. The highest BCUT2D eigenvalue weighted by atomic mass is 35.5. The van der Waals surface area contributed by atoms with Crippen LogP contribution in [0.15, 0.2) is 53.5 Å². The predicted octanol–water partition coefficient (Wildman–Crippen LogP) is 4.36. The number of carbonyl (C=O) groups excluding carboxylic acids is 1. The molecule has 2 aromatic carbocycles. The molecule has 4 aromatic rings. The van der Waals surface area contributed by atoms with Crippen LogP contribution in [-0.4, -0.2) is 47.3 Å². The van der Waals surface area contributed by atoms with Crippen LogP contribution in [0.2, 0.25) is 5.02 Å². The molecule has 1 unspecified atom stereocenters. The van der Waals surface area contributed by atoms with Crippen molar-refractivity contribution in [2.24, 2.45) is 7.05 Å². The number of nitrogens with one attached hydrogen (secondary N) is 1. The maximum absolute atomic E-state index is 13.4. The minimum absolute atomic E-state index is 0.00408. The SMILES string of the molecule is Cc1c(CN(C)CC(O)c2ccc3c(c2)OCCO3)sc2c(=O)c(CC(=O)NCc3ccc(Cl)cc3)cn(C)c12. The zero-order chi connectivity index (χ0) is 28.4. The van der Waals surface area contributed by atoms with Gasteiger partial charge in [-0.3, -0.25) is 14.5 Å². The molecule has 1 amide bonds. The minimum atomic E-state index is -0.709. The third kappa shape index (κ3) is 6.18. The van der Waals surface area contributed by atoms with Gasteiger partial charge in [0, 0.05) is 48.3 Å². The van der Waals surface area contributed by atoms with Crippen LogP contribution in [0.4, 0.5) is 0 Å². The summed E-state index contributed by atoms with van der Waals surface area (Å²) in [5.74, 6) is 1.12. The summed E-state index contributed by atoms with van der Waals surface area (Å²) < 4.78 is 13.8. The Bertz CT molecular complexity index is 1600. The van der Waals surface area contributed by atoms with E-state index in [2.05, 4.69) is 5.32 Å². The highest BCUT2D eigenvalue weighted by Gasteiger charge is 2.20. The van der Waals surface area contributed by atoms with Crippen molar-refractivity contribution in [2.75, 3.05) is 26.8 Å². The van der Waals surface area contributed by atoms with Gasteiger partial charge >= 0.3 is 0 Å². The van der Waals surface area contributed by atoms with E-state index in [1.807, 2.05) is 60.8 Å². The largest absolute Gasteiger partial charge is 0.486 e. The predicted molar refractivity (Wildman–Crippen MR) is 158 cm³/mol. The van der Waals surface area contributed by atoms with Gasteiger partial charge in [-0.05, 0) is 54.9 Å². The van der Waals surface area contributed by atoms with Gasteiger partial charge in [0.05, 0.1) is 22.7 Å². The summed E-state index contributed by atoms with van der Waals surface area (Å²) in [6, 6.07) is 12.8. The molecular weight excluding hydrogens is 550 g/mol. The Balaban J connectivity index is 1.27. The molecule has 210 valence electrons. The second-order valence-corrected chi connectivity index (χ2v) is 11.7. The number of nitrogens with zero attached hydrogens (tertiary/aromatic N) is 2. The fraction of sp³-hybridized carbons (Fsp3) is 0.333. The standard InChI is InChI=1S/C30H32ClN3O5S/c1-18-26(17-33(2)16-23(35)20-6-9-24-25(12-20)39-11-10-38-24)40-30-28(18)34(3)15-21(29(30)37)13-27(36)32-14-19-4-7-22(31)8-5-19/h4-9,12,15,23,35H,10-11,13-14,16-17H2,1-3H3,(H,32,36). The summed E-state index contributed by atoms with van der Waals surface area (Å²) in [7, 11) is 3.84. The summed E-state index contributed by atoms with van der Waals surface area (Å²) in [5, 5.41) is 14.4. The number of pyridine rings is 1. The van der Waals surface area contributed by atoms with Crippen LogP contribution < -0.4 is 20.2 Å². The van der Waals surface area contributed by atoms with E-state index in [0.29, 0.717) is 59.6 Å². The number of hydrogen-bond acceptors (Lipinski definition) is 7. The number of aromatic nitrogens is 1. The number of fused-ring (bicyclic) bond motifs is 2. The molecule has 5 rings (SSSR count). The number of benzene rings is 2. The summed E-state index contributed by atoms with van der Waals surface area (Å²) in [6.45, 7) is 4.37. The third-order valence-corrected chi connectivity index (χ3v) is 8.53. The number of ether oxygens (including phenoxy) is 2. The number of rotatable bonds is 9. The zero-order valence-corrected chi connectivity index (χ0v) is 24.3. The fourth-order valence-corrected chi connectivity index (χ4v) is 6.45. The molecule has 1 aliphatic rings. The lowest BCUT2D eigenvalue weighted by Crippen LogP contribution is -2.27. The molecule has 10 heteroatoms. The second-order valence-electron chi connectivity index (χ2n) is 10.1. The smallest absolute Gasteiger partial charge is 0.224 e. The van der Waals surface area contributed by atoms with Crippen molar-refractivity contribution in [3.05, 3.63) is 91.0 Å². The van der Waals surface area contributed by atoms with Gasteiger partial charge in [-0.1, -0.05) is 29.8 Å². The summed E-state index contributed by atoms with van der Waals surface area (Å²) >= 11 is 7.38. The van der Waals surface area contributed by atoms with Gasteiger partial charge in [0.1, 0.15) is 13.2 Å². The topological polar surface area (TPSA) is 93.0 Å². The summed E-state index contributed by atoms with van der Waals surface area (Å²) in [6.07, 6.45) is 1.05. The molecule has 0 fully saturated rings. The molecule has 1 aliphatic heterocycles. The Labute approximate surface area is 241 Å². The maximum Gasteiger partial charge on any atom is 0.224 e. The van der Waals surface area contributed by atoms with Crippen LogP contribution in [0.25, 0.3) is 10.2 Å². The first-order valence-electron chi connectivity index (χ1n) is 13.1. The van der Waals surface area contributed by atoms with Crippen LogP contribution in [0.5, 0.6) is 11.5 Å². The van der Waals surface area contributed by atoms with Crippen LogP contribution in [-0.2, 0) is 31.4 Å². The quantitative estimate of drug-likeness (QED) is 0.305. The van der Waals surface area contributed by atoms with Gasteiger partial charge in [0.25, 0.3) is 0 Å². The Morgan fingerprint density at radius 1 is 1.18 bits per heavy atom. The number of amides is 1. The second kappa shape index (κ2) is 12.0. The number of likely N-dealkylation sites (N-methyl/N-ethyl adjacent to an activating group) is 1. The van der Waals surface area contributed by atoms with Crippen LogP contribution >= 0.6 is 22.9 Å². The Morgan fingerprint density at radius 3 is 2.65 bits per heavy atom. The van der Waals surface area contributed by atoms with E-state index in [9.17, 15) is 14.7 Å². The van der Waals surface area contributed by atoms with Gasteiger partial charge < -0.3 is 24.5 Å². The fourth-order valence-electron chi connectivity index (χ4n) is 4.92. The lowest BCUT2D eigenvalue weighted by molar-refractivity contribution is -0.120. The van der Waals surface area contributed by atoms with E-state index >= 15 is 0 Å². The molecule has 3 heterocycles. The highest BCUT2D eigenvalue weighted by molar-refractivity contribution is 7.19. The van der Waals surface area contributed by atoms with E-state index in [4.69, 9.17) is 21.1 Å². The molecule has 1 atom stereocenters. The number of aliphatic hydroxyl groups is 1. The number of hydrogen-bond donors (Lipinski definition) is 2. The van der Waals surface area contributed by atoms with Gasteiger partial charge in [-0.25, -0.2) is 0 Å². The van der Waals surface area contributed by atoms with E-state index < -0.39 is 6.10 Å². The molecule has 0 spiro atoms. The van der Waals surface area contributed by atoms with Crippen molar-refractivity contribution in [3.8, 4) is 11.5 Å². The lowest BCUT2D eigenvalue weighted by atomic mass is 10.1. The number of aliphatic hydroxyl groups excluding tert-OH is 1. The van der Waals surface area contributed by atoms with Crippen molar-refractivity contribution in [1.29, 1.82) is 0 Å². The number of aryl methyl sites for hydroxylation is 2. The van der Waals surface area contributed by atoms with Crippen LogP contribution in [0, 0.1) is 6.92 Å². The highest BCUT2D eigenvalue weighted by Crippen LogP contribution is 2.33. The molecule has 2 aromatic heterocycles. The van der Waals surface area contributed by atoms with Crippen LogP contribution in [0.1, 0.15) is 33.2 Å². The van der Waals surface area contributed by atoms with E-state index in [-0.39, 0.29) is 17.8 Å². The summed E-state index contributed by atoms with van der Waals surface area (Å²) in [4.78, 5) is 29.1. The Kier molecular flexibility index (Phi) is 8.46. The first-order chi connectivity index (χ1) is 19.2. The molecule has 0 saturated heterocycles. The summed E-state index contributed by atoms with van der Waals surface area (Å²) in [5.41, 5.74) is 3.93. The van der Waals surface area contributed by atoms with E-state index in [1.54, 1.807) is 18.3 Å². The molecule has 2 N–H and O–H groups in total. The minimum Gasteiger partial charge on any atom is -0.486 e. The molecule has 0 aliphatic carbocycles. The Morgan fingerprint density at radius 2 is 1.90 bits per heavy atom. The molecule has 8 nitrogen and oxygen atoms in total. The lowest BCUT2D eigenvalue weighted by Gasteiger charge is -2.23. The molecule has 0 saturated carbocycles. The molecule has 40 heavy (non-hydrogen) atoms. The maximum atomic E-state index is 13.4. The normalized spacial score (nSPS) is 13.6. The monoisotopic (exact) mass is 581 g/mol. The number of halogens is 1. The molecule has 0 bridgehead atoms. The van der Waals surface area contributed by atoms with E-state index in [0.717, 1.165) is 27.1 Å². The van der Waals surface area contributed by atoms with E-state index in [1.165, 1.54) is 11.3 Å². The average Bonchev–Trinajstić information content (AvgIpc) is 3.27. The molecule has 0 radical (unpaired) electrons. The number of carbonyl (C=O) groups is 1. The van der Waals surface area contributed by atoms with Crippen molar-refractivity contribution in [3.63, 3.8) is 0 Å². The zero-order valence-electron chi connectivity index (χ0n) is 22.7. The van der Waals surface area contributed by atoms with Gasteiger partial charge in [0.15, 0.2) is 11.5 Å². The van der Waals surface area contributed by atoms with Gasteiger partial charge in [0.2, 0.25) is 11.3 Å². The number of thiophene rings is 1. The van der Waals surface area contributed by atoms with Crippen molar-refractivity contribution in [2.45, 2.75) is 32.5 Å². The first kappa shape index (κ1) is 28.2. The molecular formula is C30H32ClN3O5S. The van der Waals surface area contributed by atoms with Crippen molar-refractivity contribution in [1.82, 2.24) is 14.8 Å². The van der Waals surface area contributed by atoms with Crippen molar-refractivity contribution >= 4 is 39.1 Å².